The molecule has 0 unspecified atom stereocenters. The van der Waals surface area contributed by atoms with Crippen molar-refractivity contribution in [1.82, 2.24) is 15.5 Å². The third-order valence-corrected chi connectivity index (χ3v) is 4.43. The molecule has 1 aliphatic heterocycles. The van der Waals surface area contributed by atoms with Crippen LogP contribution in [-0.2, 0) is 14.3 Å². The van der Waals surface area contributed by atoms with Crippen molar-refractivity contribution < 1.29 is 28.6 Å². The molecule has 9 heteroatoms. The van der Waals surface area contributed by atoms with Crippen LogP contribution in [0.1, 0.15) is 33.6 Å². The summed E-state index contributed by atoms with van der Waals surface area (Å²) < 4.78 is 15.9. The molecule has 30 heavy (non-hydrogen) atoms. The molecule has 0 radical (unpaired) electrons. The Hall–Kier alpha value is -2.97. The lowest BCUT2D eigenvalue weighted by Gasteiger charge is -2.32. The molecule has 1 saturated heterocycles. The second kappa shape index (κ2) is 10.7. The highest BCUT2D eigenvalue weighted by atomic mass is 16.6. The van der Waals surface area contributed by atoms with Crippen LogP contribution in [0.2, 0.25) is 0 Å². The Morgan fingerprint density at radius 3 is 2.33 bits per heavy atom. The number of hydrogen-bond donors (Lipinski definition) is 2. The Morgan fingerprint density at radius 2 is 1.73 bits per heavy atom. The predicted octanol–water partition coefficient (Wildman–Crippen LogP) is 1.71. The largest absolute Gasteiger partial charge is 0.493 e. The van der Waals surface area contributed by atoms with Gasteiger partial charge in [0.05, 0.1) is 7.11 Å². The van der Waals surface area contributed by atoms with Crippen LogP contribution < -0.4 is 20.1 Å². The summed E-state index contributed by atoms with van der Waals surface area (Å²) in [7, 11) is 1.55. The number of amides is 3. The normalized spacial score (nSPS) is 14.6. The number of alkyl carbamates (subject to hydrolysis) is 1. The number of rotatable bonds is 7. The first kappa shape index (κ1) is 23.3. The van der Waals surface area contributed by atoms with Crippen LogP contribution in [0.3, 0.4) is 0 Å². The van der Waals surface area contributed by atoms with Gasteiger partial charge in [-0.1, -0.05) is 12.1 Å². The zero-order valence-electron chi connectivity index (χ0n) is 18.0. The van der Waals surface area contributed by atoms with E-state index in [1.54, 1.807) is 44.9 Å². The maximum absolute atomic E-state index is 12.4. The molecule has 0 aromatic heterocycles. The number of nitrogens with zero attached hydrogens (tertiary/aromatic N) is 1. The van der Waals surface area contributed by atoms with Crippen molar-refractivity contribution in [3.05, 3.63) is 24.3 Å². The van der Waals surface area contributed by atoms with Gasteiger partial charge < -0.3 is 29.7 Å². The van der Waals surface area contributed by atoms with E-state index in [0.717, 1.165) is 0 Å². The van der Waals surface area contributed by atoms with Crippen molar-refractivity contribution in [1.29, 1.82) is 0 Å². The molecular formula is C21H31N3O6. The summed E-state index contributed by atoms with van der Waals surface area (Å²) in [6.07, 6.45) is 0.644. The first-order chi connectivity index (χ1) is 14.2. The fourth-order valence-corrected chi connectivity index (χ4v) is 2.99. The molecule has 9 nitrogen and oxygen atoms in total. The van der Waals surface area contributed by atoms with Crippen molar-refractivity contribution in [3.8, 4) is 11.5 Å². The van der Waals surface area contributed by atoms with Crippen LogP contribution in [0.15, 0.2) is 24.3 Å². The van der Waals surface area contributed by atoms with Gasteiger partial charge in [0, 0.05) is 19.1 Å². The SMILES string of the molecule is COc1ccccc1OCC(=O)N1CCC(NC(=O)CNC(=O)OC(C)(C)C)CC1. The number of para-hydroxylation sites is 2. The minimum absolute atomic E-state index is 0.0443. The van der Waals surface area contributed by atoms with Crippen LogP contribution in [0.25, 0.3) is 0 Å². The van der Waals surface area contributed by atoms with Gasteiger partial charge in [-0.3, -0.25) is 9.59 Å². The molecule has 0 atom stereocenters. The average molecular weight is 421 g/mol. The van der Waals surface area contributed by atoms with Gasteiger partial charge in [0.2, 0.25) is 5.91 Å². The Kier molecular flexibility index (Phi) is 8.32. The highest BCUT2D eigenvalue weighted by Crippen LogP contribution is 2.25. The second-order valence-electron chi connectivity index (χ2n) is 8.02. The quantitative estimate of drug-likeness (QED) is 0.694. The van der Waals surface area contributed by atoms with Gasteiger partial charge >= 0.3 is 6.09 Å². The van der Waals surface area contributed by atoms with E-state index in [-0.39, 0.29) is 31.0 Å². The average Bonchev–Trinajstić information content (AvgIpc) is 2.70. The summed E-state index contributed by atoms with van der Waals surface area (Å²) in [5, 5.41) is 5.31. The molecule has 3 amide bonds. The Labute approximate surface area is 177 Å². The Bertz CT molecular complexity index is 739. The fraction of sp³-hybridized carbons (Fsp3) is 0.571. The molecule has 1 aliphatic rings. The van der Waals surface area contributed by atoms with Crippen LogP contribution in [-0.4, -0.2) is 67.8 Å². The number of likely N-dealkylation sites (tertiary alicyclic amines) is 1. The number of hydrogen-bond acceptors (Lipinski definition) is 6. The van der Waals surface area contributed by atoms with Crippen molar-refractivity contribution in [3.63, 3.8) is 0 Å². The molecule has 2 rings (SSSR count). The standard InChI is InChI=1S/C21H31N3O6/c1-21(2,3)30-20(27)22-13-18(25)23-15-9-11-24(12-10-15)19(26)14-29-17-8-6-5-7-16(17)28-4/h5-8,15H,9-14H2,1-4H3,(H,22,27)(H,23,25). The second-order valence-corrected chi connectivity index (χ2v) is 8.02. The monoisotopic (exact) mass is 421 g/mol. The number of benzene rings is 1. The third-order valence-electron chi connectivity index (χ3n) is 4.43. The molecule has 1 aromatic rings. The van der Waals surface area contributed by atoms with Crippen molar-refractivity contribution in [2.75, 3.05) is 33.4 Å². The topological polar surface area (TPSA) is 106 Å². The highest BCUT2D eigenvalue weighted by Gasteiger charge is 2.24. The summed E-state index contributed by atoms with van der Waals surface area (Å²) in [6, 6.07) is 7.12. The Balaban J connectivity index is 1.68. The van der Waals surface area contributed by atoms with E-state index < -0.39 is 11.7 Å². The van der Waals surface area contributed by atoms with Gasteiger partial charge in [-0.05, 0) is 45.7 Å². The molecule has 0 aliphatic carbocycles. The van der Waals surface area contributed by atoms with Crippen molar-refractivity contribution in [2.24, 2.45) is 0 Å². The molecule has 166 valence electrons. The van der Waals surface area contributed by atoms with Crippen LogP contribution >= 0.6 is 0 Å². The summed E-state index contributed by atoms with van der Waals surface area (Å²) in [4.78, 5) is 37.7. The summed E-state index contributed by atoms with van der Waals surface area (Å²) in [5.41, 5.74) is -0.616. The minimum atomic E-state index is -0.631. The molecule has 1 fully saturated rings. The number of ether oxygens (including phenoxy) is 3. The lowest BCUT2D eigenvalue weighted by Crippen LogP contribution is -2.49. The van der Waals surface area contributed by atoms with Crippen molar-refractivity contribution in [2.45, 2.75) is 45.3 Å². The number of carbonyl (C=O) groups is 3. The molecule has 0 saturated carbocycles. The fourth-order valence-electron chi connectivity index (χ4n) is 2.99. The molecule has 0 spiro atoms. The molecule has 2 N–H and O–H groups in total. The first-order valence-electron chi connectivity index (χ1n) is 9.98. The number of methoxy groups -OCH3 is 1. The van der Waals surface area contributed by atoms with Crippen LogP contribution in [0.4, 0.5) is 4.79 Å². The third kappa shape index (κ3) is 7.81. The first-order valence-corrected chi connectivity index (χ1v) is 9.98. The van der Waals surface area contributed by atoms with Gasteiger partial charge in [0.25, 0.3) is 5.91 Å². The van der Waals surface area contributed by atoms with E-state index in [4.69, 9.17) is 14.2 Å². The molecular weight excluding hydrogens is 390 g/mol. The molecule has 0 bridgehead atoms. The molecule has 1 heterocycles. The zero-order valence-corrected chi connectivity index (χ0v) is 18.0. The van der Waals surface area contributed by atoms with E-state index >= 15 is 0 Å². The van der Waals surface area contributed by atoms with E-state index in [1.165, 1.54) is 0 Å². The van der Waals surface area contributed by atoms with Crippen LogP contribution in [0.5, 0.6) is 11.5 Å². The lowest BCUT2D eigenvalue weighted by atomic mass is 10.0. The number of piperidine rings is 1. The van der Waals surface area contributed by atoms with E-state index in [2.05, 4.69) is 10.6 Å². The van der Waals surface area contributed by atoms with Gasteiger partial charge in [0.1, 0.15) is 12.1 Å². The molecule has 1 aromatic carbocycles. The zero-order chi connectivity index (χ0) is 22.1. The van der Waals surface area contributed by atoms with Gasteiger partial charge in [-0.2, -0.15) is 0 Å². The van der Waals surface area contributed by atoms with E-state index in [0.29, 0.717) is 37.4 Å². The van der Waals surface area contributed by atoms with E-state index in [1.807, 2.05) is 12.1 Å². The van der Waals surface area contributed by atoms with Crippen LogP contribution in [0, 0.1) is 0 Å². The maximum atomic E-state index is 12.4. The van der Waals surface area contributed by atoms with Crippen molar-refractivity contribution >= 4 is 17.9 Å². The Morgan fingerprint density at radius 1 is 1.10 bits per heavy atom. The predicted molar refractivity (Wildman–Crippen MR) is 110 cm³/mol. The van der Waals surface area contributed by atoms with Gasteiger partial charge in [-0.15, -0.1) is 0 Å². The lowest BCUT2D eigenvalue weighted by molar-refractivity contribution is -0.134. The highest BCUT2D eigenvalue weighted by molar-refractivity contribution is 5.82. The summed E-state index contributed by atoms with van der Waals surface area (Å²) in [5.74, 6) is 0.696. The summed E-state index contributed by atoms with van der Waals surface area (Å²) in [6.45, 7) is 6.09. The van der Waals surface area contributed by atoms with E-state index in [9.17, 15) is 14.4 Å². The maximum Gasteiger partial charge on any atom is 0.408 e. The number of carbonyl (C=O) groups excluding carboxylic acids is 3. The minimum Gasteiger partial charge on any atom is -0.493 e. The van der Waals surface area contributed by atoms with Gasteiger partial charge in [0.15, 0.2) is 18.1 Å². The number of nitrogens with one attached hydrogen (secondary N) is 2. The smallest absolute Gasteiger partial charge is 0.408 e. The summed E-state index contributed by atoms with van der Waals surface area (Å²) >= 11 is 0. The van der Waals surface area contributed by atoms with Gasteiger partial charge in [-0.25, -0.2) is 4.79 Å².